The van der Waals surface area contributed by atoms with Crippen LogP contribution in [0.2, 0.25) is 0 Å². The van der Waals surface area contributed by atoms with Gasteiger partial charge in [0.25, 0.3) is 5.69 Å². The standard InChI is InChI=1S/C23H32N6O2/c1-18-6-11-22(26-17-18)28-15-12-20(13-16-28)27-23(24-2)25-14-4-3-5-19-7-9-21(10-8-19)29(30)31/h6-11,17,20H,3-5,12-16H2,1-2H3,(H2,24,25,27). The Kier molecular flexibility index (Phi) is 8.20. The molecule has 0 saturated carbocycles. The number of hydrogen-bond acceptors (Lipinski definition) is 5. The fourth-order valence-corrected chi connectivity index (χ4v) is 3.73. The Balaban J connectivity index is 1.32. The normalized spacial score (nSPS) is 15.0. The van der Waals surface area contributed by atoms with Gasteiger partial charge in [0.05, 0.1) is 4.92 Å². The van der Waals surface area contributed by atoms with E-state index in [1.165, 1.54) is 5.56 Å². The van der Waals surface area contributed by atoms with Crippen LogP contribution in [0.4, 0.5) is 11.5 Å². The van der Waals surface area contributed by atoms with Crippen molar-refractivity contribution in [2.45, 2.75) is 45.1 Å². The molecule has 1 aliphatic heterocycles. The van der Waals surface area contributed by atoms with Crippen LogP contribution < -0.4 is 15.5 Å². The number of nitrogens with one attached hydrogen (secondary N) is 2. The summed E-state index contributed by atoms with van der Waals surface area (Å²) >= 11 is 0. The van der Waals surface area contributed by atoms with Crippen LogP contribution in [0.3, 0.4) is 0 Å². The van der Waals surface area contributed by atoms with Gasteiger partial charge < -0.3 is 15.5 Å². The second-order valence-electron chi connectivity index (χ2n) is 7.98. The molecule has 3 rings (SSSR count). The number of hydrogen-bond donors (Lipinski definition) is 2. The number of non-ortho nitro benzene ring substituents is 1. The third-order valence-corrected chi connectivity index (χ3v) is 5.61. The third-order valence-electron chi connectivity index (χ3n) is 5.61. The molecule has 0 aliphatic carbocycles. The van der Waals surface area contributed by atoms with Gasteiger partial charge in [-0.15, -0.1) is 0 Å². The monoisotopic (exact) mass is 424 g/mol. The molecule has 1 aromatic heterocycles. The molecule has 0 bridgehead atoms. The summed E-state index contributed by atoms with van der Waals surface area (Å²) in [6, 6.07) is 11.4. The minimum absolute atomic E-state index is 0.140. The van der Waals surface area contributed by atoms with E-state index in [0.717, 1.165) is 69.1 Å². The number of nitrogens with zero attached hydrogens (tertiary/aromatic N) is 4. The van der Waals surface area contributed by atoms with Crippen molar-refractivity contribution in [1.82, 2.24) is 15.6 Å². The highest BCUT2D eigenvalue weighted by atomic mass is 16.6. The Bertz CT molecular complexity index is 859. The van der Waals surface area contributed by atoms with Crippen LogP contribution >= 0.6 is 0 Å². The summed E-state index contributed by atoms with van der Waals surface area (Å²) in [5.41, 5.74) is 2.45. The van der Waals surface area contributed by atoms with Crippen LogP contribution in [0, 0.1) is 17.0 Å². The molecule has 2 aromatic rings. The summed E-state index contributed by atoms with van der Waals surface area (Å²) in [4.78, 5) is 21.6. The average Bonchev–Trinajstić information content (AvgIpc) is 2.79. The maximum atomic E-state index is 10.7. The maximum absolute atomic E-state index is 10.7. The van der Waals surface area contributed by atoms with Crippen molar-refractivity contribution in [3.8, 4) is 0 Å². The van der Waals surface area contributed by atoms with Crippen molar-refractivity contribution in [3.63, 3.8) is 0 Å². The summed E-state index contributed by atoms with van der Waals surface area (Å²) in [5, 5.41) is 17.7. The second-order valence-corrected chi connectivity index (χ2v) is 7.98. The van der Waals surface area contributed by atoms with Crippen molar-refractivity contribution >= 4 is 17.5 Å². The molecule has 1 aliphatic rings. The molecule has 1 fully saturated rings. The van der Waals surface area contributed by atoms with E-state index in [1.54, 1.807) is 19.2 Å². The number of pyridine rings is 1. The third kappa shape index (κ3) is 6.94. The van der Waals surface area contributed by atoms with Gasteiger partial charge in [0.2, 0.25) is 0 Å². The van der Waals surface area contributed by atoms with Crippen molar-refractivity contribution in [2.75, 3.05) is 31.6 Å². The smallest absolute Gasteiger partial charge is 0.269 e. The Morgan fingerprint density at radius 1 is 1.19 bits per heavy atom. The van der Waals surface area contributed by atoms with Crippen LogP contribution in [0.25, 0.3) is 0 Å². The van der Waals surface area contributed by atoms with E-state index in [-0.39, 0.29) is 10.6 Å². The number of rotatable bonds is 8. The fraction of sp³-hybridized carbons (Fsp3) is 0.478. The lowest BCUT2D eigenvalue weighted by atomic mass is 10.1. The summed E-state index contributed by atoms with van der Waals surface area (Å²) in [6.45, 7) is 4.87. The predicted octanol–water partition coefficient (Wildman–Crippen LogP) is 3.45. The molecule has 0 unspecified atom stereocenters. The number of aryl methyl sites for hydroxylation is 2. The first-order valence-electron chi connectivity index (χ1n) is 10.9. The van der Waals surface area contributed by atoms with Crippen LogP contribution in [0.1, 0.15) is 36.8 Å². The quantitative estimate of drug-likeness (QED) is 0.222. The average molecular weight is 425 g/mol. The van der Waals surface area contributed by atoms with Gasteiger partial charge in [0, 0.05) is 51.1 Å². The lowest BCUT2D eigenvalue weighted by Crippen LogP contribution is -2.49. The van der Waals surface area contributed by atoms with Crippen LogP contribution in [-0.4, -0.2) is 48.6 Å². The number of anilines is 1. The molecule has 8 heteroatoms. The molecule has 0 radical (unpaired) electrons. The minimum atomic E-state index is -0.366. The van der Waals surface area contributed by atoms with E-state index in [4.69, 9.17) is 0 Å². The van der Waals surface area contributed by atoms with Crippen molar-refractivity contribution in [2.24, 2.45) is 4.99 Å². The molecule has 0 atom stereocenters. The maximum Gasteiger partial charge on any atom is 0.269 e. The Hall–Kier alpha value is -3.16. The zero-order valence-corrected chi connectivity index (χ0v) is 18.4. The first-order chi connectivity index (χ1) is 15.0. The van der Waals surface area contributed by atoms with E-state index in [2.05, 4.69) is 44.6 Å². The van der Waals surface area contributed by atoms with E-state index < -0.39 is 0 Å². The topological polar surface area (TPSA) is 95.7 Å². The summed E-state index contributed by atoms with van der Waals surface area (Å²) in [5.74, 6) is 1.90. The van der Waals surface area contributed by atoms with Gasteiger partial charge in [-0.3, -0.25) is 15.1 Å². The molecule has 1 aromatic carbocycles. The number of piperidine rings is 1. The zero-order chi connectivity index (χ0) is 22.1. The number of unbranched alkanes of at least 4 members (excludes halogenated alkanes) is 1. The summed E-state index contributed by atoms with van der Waals surface area (Å²) in [7, 11) is 1.80. The van der Waals surface area contributed by atoms with Gasteiger partial charge in [-0.05, 0) is 56.2 Å². The molecular weight excluding hydrogens is 392 g/mol. The van der Waals surface area contributed by atoms with Crippen molar-refractivity contribution < 1.29 is 4.92 Å². The van der Waals surface area contributed by atoms with Gasteiger partial charge in [0.1, 0.15) is 5.82 Å². The molecule has 2 N–H and O–H groups in total. The lowest BCUT2D eigenvalue weighted by Gasteiger charge is -2.33. The summed E-state index contributed by atoms with van der Waals surface area (Å²) in [6.07, 6.45) is 6.97. The molecule has 0 amide bonds. The molecule has 31 heavy (non-hydrogen) atoms. The fourth-order valence-electron chi connectivity index (χ4n) is 3.73. The molecule has 2 heterocycles. The highest BCUT2D eigenvalue weighted by molar-refractivity contribution is 5.79. The summed E-state index contributed by atoms with van der Waals surface area (Å²) < 4.78 is 0. The van der Waals surface area contributed by atoms with Crippen LogP contribution in [-0.2, 0) is 6.42 Å². The predicted molar refractivity (Wildman–Crippen MR) is 125 cm³/mol. The van der Waals surface area contributed by atoms with Crippen molar-refractivity contribution in [3.05, 3.63) is 63.8 Å². The minimum Gasteiger partial charge on any atom is -0.356 e. The van der Waals surface area contributed by atoms with Gasteiger partial charge in [0.15, 0.2) is 5.96 Å². The Morgan fingerprint density at radius 2 is 1.94 bits per heavy atom. The number of nitro benzene ring substituents is 1. The Labute approximate surface area is 183 Å². The van der Waals surface area contributed by atoms with Gasteiger partial charge in [-0.25, -0.2) is 4.98 Å². The second kappa shape index (κ2) is 11.3. The first-order valence-corrected chi connectivity index (χ1v) is 10.9. The van der Waals surface area contributed by atoms with Crippen molar-refractivity contribution in [1.29, 1.82) is 0 Å². The number of guanidine groups is 1. The SMILES string of the molecule is CN=C(NCCCCc1ccc([N+](=O)[O-])cc1)NC1CCN(c2ccc(C)cn2)CC1. The van der Waals surface area contributed by atoms with E-state index in [0.29, 0.717) is 6.04 Å². The number of benzene rings is 1. The lowest BCUT2D eigenvalue weighted by molar-refractivity contribution is -0.384. The zero-order valence-electron chi connectivity index (χ0n) is 18.4. The highest BCUT2D eigenvalue weighted by Gasteiger charge is 2.20. The van der Waals surface area contributed by atoms with E-state index in [9.17, 15) is 10.1 Å². The molecule has 8 nitrogen and oxygen atoms in total. The first kappa shape index (κ1) is 22.5. The van der Waals surface area contributed by atoms with Gasteiger partial charge in [-0.2, -0.15) is 0 Å². The molecule has 1 saturated heterocycles. The molecular formula is C23H32N6O2. The van der Waals surface area contributed by atoms with Gasteiger partial charge in [-0.1, -0.05) is 18.2 Å². The molecule has 0 spiro atoms. The van der Waals surface area contributed by atoms with Crippen LogP contribution in [0.15, 0.2) is 47.6 Å². The molecule has 166 valence electrons. The van der Waals surface area contributed by atoms with Crippen LogP contribution in [0.5, 0.6) is 0 Å². The number of nitro groups is 1. The van der Waals surface area contributed by atoms with Gasteiger partial charge >= 0.3 is 0 Å². The highest BCUT2D eigenvalue weighted by Crippen LogP contribution is 2.18. The number of aromatic nitrogens is 1. The Morgan fingerprint density at radius 3 is 2.55 bits per heavy atom. The largest absolute Gasteiger partial charge is 0.356 e. The van der Waals surface area contributed by atoms with E-state index in [1.807, 2.05) is 18.3 Å². The number of aliphatic imine (C=N–C) groups is 1. The van der Waals surface area contributed by atoms with E-state index >= 15 is 0 Å².